The quantitative estimate of drug-likeness (QED) is 0.241. The minimum atomic E-state index is -0.692. The van der Waals surface area contributed by atoms with Crippen LogP contribution in [0.3, 0.4) is 0 Å². The smallest absolute Gasteiger partial charge is 0.349 e. The summed E-state index contributed by atoms with van der Waals surface area (Å²) >= 11 is 1.39. The Kier molecular flexibility index (Phi) is 4.41. The van der Waals surface area contributed by atoms with E-state index < -0.39 is 11.5 Å². The average Bonchev–Trinajstić information content (AvgIpc) is 3.10. The molecule has 0 aliphatic carbocycles. The van der Waals surface area contributed by atoms with Gasteiger partial charge in [-0.15, -0.1) is 6.58 Å². The molecule has 0 atom stereocenters. The zero-order chi connectivity index (χ0) is 20.7. The van der Waals surface area contributed by atoms with E-state index in [-0.39, 0.29) is 5.56 Å². The van der Waals surface area contributed by atoms with Gasteiger partial charge in [0.25, 0.3) is 5.91 Å². The molecule has 0 N–H and O–H groups in total. The third kappa shape index (κ3) is 2.98. The summed E-state index contributed by atoms with van der Waals surface area (Å²) in [6.07, 6.45) is 1.75. The fourth-order valence-electron chi connectivity index (χ4n) is 3.58. The molecule has 0 saturated carbocycles. The number of rotatable bonds is 3. The Bertz CT molecular complexity index is 1590. The second kappa shape index (κ2) is 7.24. The molecule has 0 bridgehead atoms. The molecule has 0 aliphatic heterocycles. The normalized spacial score (nSPS) is 12.1. The number of hydrogen-bond acceptors (Lipinski definition) is 4. The van der Waals surface area contributed by atoms with E-state index in [9.17, 15) is 9.59 Å². The van der Waals surface area contributed by atoms with Crippen molar-refractivity contribution in [2.75, 3.05) is 0 Å². The van der Waals surface area contributed by atoms with Crippen molar-refractivity contribution in [3.63, 3.8) is 0 Å². The maximum absolute atomic E-state index is 13.0. The van der Waals surface area contributed by atoms with Gasteiger partial charge in [-0.05, 0) is 35.0 Å². The molecule has 2 aromatic heterocycles. The first-order valence-corrected chi connectivity index (χ1v) is 10.2. The Labute approximate surface area is 174 Å². The lowest BCUT2D eigenvalue weighted by atomic mass is 10.0. The molecule has 30 heavy (non-hydrogen) atoms. The van der Waals surface area contributed by atoms with Gasteiger partial charge in [-0.3, -0.25) is 4.79 Å². The average molecular weight is 412 g/mol. The lowest BCUT2D eigenvalue weighted by molar-refractivity contribution is 0.0994. The summed E-state index contributed by atoms with van der Waals surface area (Å²) in [5.41, 5.74) is 0.633. The number of aromatic nitrogens is 1. The van der Waals surface area contributed by atoms with E-state index in [1.165, 1.54) is 11.3 Å². The first-order valence-electron chi connectivity index (χ1n) is 9.39. The van der Waals surface area contributed by atoms with Crippen LogP contribution in [0.15, 0.2) is 93.6 Å². The monoisotopic (exact) mass is 412 g/mol. The van der Waals surface area contributed by atoms with Crippen molar-refractivity contribution < 1.29 is 9.21 Å². The third-order valence-electron chi connectivity index (χ3n) is 4.97. The molecule has 1 amide bonds. The summed E-state index contributed by atoms with van der Waals surface area (Å²) < 4.78 is 8.35. The Balaban J connectivity index is 1.72. The number of benzene rings is 3. The van der Waals surface area contributed by atoms with Crippen LogP contribution in [0.4, 0.5) is 0 Å². The topological polar surface area (TPSA) is 64.6 Å². The van der Waals surface area contributed by atoms with Crippen molar-refractivity contribution in [3.8, 4) is 0 Å². The molecule has 5 rings (SSSR count). The maximum Gasteiger partial charge on any atom is 0.349 e. The second-order valence-corrected chi connectivity index (χ2v) is 7.82. The number of para-hydroxylation sites is 1. The van der Waals surface area contributed by atoms with Crippen LogP contribution in [0.25, 0.3) is 32.0 Å². The van der Waals surface area contributed by atoms with Gasteiger partial charge in [-0.25, -0.2) is 4.79 Å². The summed E-state index contributed by atoms with van der Waals surface area (Å²) in [4.78, 5) is 30.3. The number of amides is 1. The summed E-state index contributed by atoms with van der Waals surface area (Å²) in [5, 5.41) is 2.63. The van der Waals surface area contributed by atoms with Gasteiger partial charge >= 0.3 is 5.63 Å². The summed E-state index contributed by atoms with van der Waals surface area (Å²) in [6, 6.07) is 20.8. The van der Waals surface area contributed by atoms with Gasteiger partial charge in [0.05, 0.1) is 10.2 Å². The van der Waals surface area contributed by atoms with E-state index in [1.54, 1.807) is 18.2 Å². The number of fused-ring (bicyclic) bond motifs is 4. The molecule has 2 heterocycles. The van der Waals surface area contributed by atoms with Crippen LogP contribution in [-0.2, 0) is 6.54 Å². The van der Waals surface area contributed by atoms with Crippen molar-refractivity contribution in [1.29, 1.82) is 0 Å². The first kappa shape index (κ1) is 18.3. The van der Waals surface area contributed by atoms with Crippen LogP contribution < -0.4 is 10.4 Å². The van der Waals surface area contributed by atoms with Gasteiger partial charge in [0.1, 0.15) is 11.1 Å². The van der Waals surface area contributed by atoms with Gasteiger partial charge < -0.3 is 8.98 Å². The molecule has 3 aromatic carbocycles. The summed E-state index contributed by atoms with van der Waals surface area (Å²) in [7, 11) is 0. The van der Waals surface area contributed by atoms with Crippen molar-refractivity contribution in [2.24, 2.45) is 4.99 Å². The fourth-order valence-corrected chi connectivity index (χ4v) is 4.62. The van der Waals surface area contributed by atoms with E-state index in [2.05, 4.69) is 11.6 Å². The van der Waals surface area contributed by atoms with Crippen LogP contribution in [0.1, 0.15) is 10.4 Å². The lowest BCUT2D eigenvalue weighted by Crippen LogP contribution is -2.19. The van der Waals surface area contributed by atoms with Gasteiger partial charge in [0.2, 0.25) is 0 Å². The predicted octanol–water partition coefficient (Wildman–Crippen LogP) is 4.89. The van der Waals surface area contributed by atoms with Gasteiger partial charge in [-0.2, -0.15) is 4.99 Å². The highest BCUT2D eigenvalue weighted by molar-refractivity contribution is 7.16. The first-order chi connectivity index (χ1) is 14.7. The molecule has 0 radical (unpaired) electrons. The van der Waals surface area contributed by atoms with Crippen LogP contribution in [-0.4, -0.2) is 10.5 Å². The van der Waals surface area contributed by atoms with E-state index >= 15 is 0 Å². The second-order valence-electron chi connectivity index (χ2n) is 6.81. The van der Waals surface area contributed by atoms with Crippen LogP contribution in [0.5, 0.6) is 0 Å². The molecule has 6 heteroatoms. The molecule has 5 aromatic rings. The van der Waals surface area contributed by atoms with Crippen LogP contribution in [0, 0.1) is 0 Å². The van der Waals surface area contributed by atoms with Gasteiger partial charge in [0.15, 0.2) is 4.80 Å². The zero-order valence-electron chi connectivity index (χ0n) is 15.9. The highest BCUT2D eigenvalue weighted by Crippen LogP contribution is 2.25. The molecule has 0 spiro atoms. The fraction of sp³-hybridized carbons (Fsp3) is 0.0417. The highest BCUT2D eigenvalue weighted by Gasteiger charge is 2.15. The maximum atomic E-state index is 13.0. The number of carbonyl (C=O) groups excluding carboxylic acids is 1. The minimum Gasteiger partial charge on any atom is -0.422 e. The predicted molar refractivity (Wildman–Crippen MR) is 120 cm³/mol. The van der Waals surface area contributed by atoms with E-state index in [4.69, 9.17) is 4.42 Å². The molecule has 0 aliphatic rings. The third-order valence-corrected chi connectivity index (χ3v) is 6.03. The van der Waals surface area contributed by atoms with Crippen molar-refractivity contribution in [1.82, 2.24) is 4.57 Å². The summed E-state index contributed by atoms with van der Waals surface area (Å²) in [6.45, 7) is 4.30. The Morgan fingerprint density at radius 1 is 1.07 bits per heavy atom. The Morgan fingerprint density at radius 3 is 2.73 bits per heavy atom. The molecule has 0 fully saturated rings. The molecular formula is C24H16N2O3S. The largest absolute Gasteiger partial charge is 0.422 e. The standard InChI is InChI=1S/C24H16N2O3S/c1-2-13-26-19-9-5-6-10-21(19)30-24(26)25-22(27)18-14-17-16-8-4-3-7-15(16)11-12-20(17)29-23(18)28/h2-12,14H,1,13H2. The number of hydrogen-bond donors (Lipinski definition) is 0. The minimum absolute atomic E-state index is 0.0820. The summed E-state index contributed by atoms with van der Waals surface area (Å²) in [5.74, 6) is -0.622. The molecule has 0 saturated heterocycles. The number of nitrogens with zero attached hydrogens (tertiary/aromatic N) is 2. The number of thiazole rings is 1. The Morgan fingerprint density at radius 2 is 1.87 bits per heavy atom. The molecule has 5 nitrogen and oxygen atoms in total. The van der Waals surface area contributed by atoms with Gasteiger partial charge in [-0.1, -0.05) is 59.9 Å². The Hall–Kier alpha value is -3.77. The number of carbonyl (C=O) groups is 1. The van der Waals surface area contributed by atoms with E-state index in [0.29, 0.717) is 22.3 Å². The lowest BCUT2D eigenvalue weighted by Gasteiger charge is -2.04. The van der Waals surface area contributed by atoms with Crippen molar-refractivity contribution in [2.45, 2.75) is 6.54 Å². The van der Waals surface area contributed by atoms with Crippen molar-refractivity contribution in [3.05, 3.63) is 100 Å². The van der Waals surface area contributed by atoms with Crippen molar-refractivity contribution >= 4 is 49.2 Å². The van der Waals surface area contributed by atoms with Gasteiger partial charge in [0, 0.05) is 11.9 Å². The molecular weight excluding hydrogens is 396 g/mol. The zero-order valence-corrected chi connectivity index (χ0v) is 16.7. The van der Waals surface area contributed by atoms with E-state index in [0.717, 1.165) is 21.0 Å². The highest BCUT2D eigenvalue weighted by atomic mass is 32.1. The molecule has 146 valence electrons. The molecule has 0 unspecified atom stereocenters. The number of allylic oxidation sites excluding steroid dienone is 1. The van der Waals surface area contributed by atoms with Crippen LogP contribution >= 0.6 is 11.3 Å². The van der Waals surface area contributed by atoms with Crippen LogP contribution in [0.2, 0.25) is 0 Å². The van der Waals surface area contributed by atoms with E-state index in [1.807, 2.05) is 59.2 Å². The SMILES string of the molecule is C=CCn1c(=NC(=O)c2cc3c(ccc4ccccc43)oc2=O)sc2ccccc21.